The smallest absolute Gasteiger partial charge is 0.237 e. The fraction of sp³-hybridized carbons (Fsp3) is 0.611. The molecule has 1 aliphatic heterocycles. The molecule has 2 atom stereocenters. The van der Waals surface area contributed by atoms with Gasteiger partial charge in [-0.05, 0) is 51.3 Å². The van der Waals surface area contributed by atoms with Crippen molar-refractivity contribution in [3.63, 3.8) is 0 Å². The van der Waals surface area contributed by atoms with Crippen molar-refractivity contribution in [2.24, 2.45) is 0 Å². The van der Waals surface area contributed by atoms with Crippen LogP contribution < -0.4 is 15.4 Å². The van der Waals surface area contributed by atoms with Gasteiger partial charge < -0.3 is 15.4 Å². The molecule has 1 saturated heterocycles. The van der Waals surface area contributed by atoms with E-state index in [1.54, 1.807) is 0 Å². The maximum atomic E-state index is 12.2. The fourth-order valence-electron chi connectivity index (χ4n) is 2.60. The lowest BCUT2D eigenvalue weighted by atomic mass is 10.0. The average Bonchev–Trinajstić information content (AvgIpc) is 2.54. The Morgan fingerprint density at radius 2 is 2.22 bits per heavy atom. The number of piperidine rings is 1. The highest BCUT2D eigenvalue weighted by atomic mass is 35.5. The molecular weight excluding hydrogens is 312 g/mol. The van der Waals surface area contributed by atoms with Crippen molar-refractivity contribution >= 4 is 18.3 Å². The molecule has 1 aliphatic rings. The standard InChI is InChI=1S/C18H28N2O2.ClH/c1-4-14(3)22-17-11-13(2)8-9-15(17)12-20-18(21)16-7-5-6-10-19-16;/h8-9,11,14,16,19H,4-7,10,12H2,1-3H3,(H,20,21);1H. The molecule has 0 aromatic heterocycles. The van der Waals surface area contributed by atoms with Crippen LogP contribution in [0.5, 0.6) is 5.75 Å². The lowest BCUT2D eigenvalue weighted by molar-refractivity contribution is -0.123. The minimum atomic E-state index is -0.0434. The SMILES string of the molecule is CCC(C)Oc1cc(C)ccc1CNC(=O)C1CCCCN1.Cl. The van der Waals surface area contributed by atoms with Gasteiger partial charge in [-0.15, -0.1) is 12.4 Å². The van der Waals surface area contributed by atoms with Crippen LogP contribution >= 0.6 is 12.4 Å². The van der Waals surface area contributed by atoms with Gasteiger partial charge in [0, 0.05) is 12.1 Å². The molecular formula is C18H29ClN2O2. The molecule has 0 spiro atoms. The third-order valence-electron chi connectivity index (χ3n) is 4.21. The fourth-order valence-corrected chi connectivity index (χ4v) is 2.60. The highest BCUT2D eigenvalue weighted by molar-refractivity contribution is 5.85. The first-order valence-electron chi connectivity index (χ1n) is 8.37. The van der Waals surface area contributed by atoms with Gasteiger partial charge in [-0.2, -0.15) is 0 Å². The van der Waals surface area contributed by atoms with Crippen LogP contribution in [-0.4, -0.2) is 24.6 Å². The molecule has 0 bridgehead atoms. The van der Waals surface area contributed by atoms with E-state index < -0.39 is 0 Å². The summed E-state index contributed by atoms with van der Waals surface area (Å²) >= 11 is 0. The predicted molar refractivity (Wildman–Crippen MR) is 96.3 cm³/mol. The van der Waals surface area contributed by atoms with Crippen molar-refractivity contribution in [3.8, 4) is 5.75 Å². The van der Waals surface area contributed by atoms with Gasteiger partial charge in [-0.1, -0.05) is 25.5 Å². The van der Waals surface area contributed by atoms with Crippen LogP contribution in [0.4, 0.5) is 0 Å². The van der Waals surface area contributed by atoms with Crippen LogP contribution in [-0.2, 0) is 11.3 Å². The summed E-state index contributed by atoms with van der Waals surface area (Å²) in [5.74, 6) is 0.973. The Bertz CT molecular complexity index is 502. The summed E-state index contributed by atoms with van der Waals surface area (Å²) < 4.78 is 5.99. The zero-order valence-corrected chi connectivity index (χ0v) is 15.2. The van der Waals surface area contributed by atoms with E-state index in [9.17, 15) is 4.79 Å². The van der Waals surface area contributed by atoms with Gasteiger partial charge in [0.15, 0.2) is 0 Å². The van der Waals surface area contributed by atoms with Crippen molar-refractivity contribution in [2.75, 3.05) is 6.54 Å². The van der Waals surface area contributed by atoms with Gasteiger partial charge in [-0.3, -0.25) is 4.79 Å². The molecule has 2 unspecified atom stereocenters. The molecule has 4 nitrogen and oxygen atoms in total. The average molecular weight is 341 g/mol. The lowest BCUT2D eigenvalue weighted by Gasteiger charge is -2.23. The van der Waals surface area contributed by atoms with Crippen LogP contribution in [0.25, 0.3) is 0 Å². The largest absolute Gasteiger partial charge is 0.490 e. The summed E-state index contributed by atoms with van der Waals surface area (Å²) in [4.78, 5) is 12.2. The first kappa shape index (κ1) is 19.8. The van der Waals surface area contributed by atoms with Gasteiger partial charge in [-0.25, -0.2) is 0 Å². The second kappa shape index (κ2) is 9.78. The molecule has 0 aliphatic carbocycles. The van der Waals surface area contributed by atoms with Crippen LogP contribution in [0.1, 0.15) is 50.7 Å². The molecule has 1 aromatic carbocycles. The minimum Gasteiger partial charge on any atom is -0.490 e. The maximum Gasteiger partial charge on any atom is 0.237 e. The van der Waals surface area contributed by atoms with E-state index in [2.05, 4.69) is 37.5 Å². The topological polar surface area (TPSA) is 50.4 Å². The Labute approximate surface area is 145 Å². The molecule has 2 N–H and O–H groups in total. The Hall–Kier alpha value is -1.26. The minimum absolute atomic E-state index is 0. The quantitative estimate of drug-likeness (QED) is 0.835. The third kappa shape index (κ3) is 6.04. The number of carbonyl (C=O) groups excluding carboxylic acids is 1. The van der Waals surface area contributed by atoms with Gasteiger partial charge in [0.2, 0.25) is 5.91 Å². The molecule has 1 amide bonds. The maximum absolute atomic E-state index is 12.2. The van der Waals surface area contributed by atoms with Crippen LogP contribution in [0.15, 0.2) is 18.2 Å². The highest BCUT2D eigenvalue weighted by Gasteiger charge is 2.20. The van der Waals surface area contributed by atoms with E-state index in [1.165, 1.54) is 5.56 Å². The molecule has 0 saturated carbocycles. The molecule has 1 fully saturated rings. The molecule has 5 heteroatoms. The second-order valence-electron chi connectivity index (χ2n) is 6.17. The number of hydrogen-bond donors (Lipinski definition) is 2. The number of aryl methyl sites for hydroxylation is 1. The van der Waals surface area contributed by atoms with E-state index in [0.29, 0.717) is 6.54 Å². The Kier molecular flexibility index (Phi) is 8.42. The third-order valence-corrected chi connectivity index (χ3v) is 4.21. The molecule has 2 rings (SSSR count). The zero-order valence-electron chi connectivity index (χ0n) is 14.4. The first-order chi connectivity index (χ1) is 10.6. The van der Waals surface area contributed by atoms with Crippen LogP contribution in [0, 0.1) is 6.92 Å². The normalized spacial score (nSPS) is 18.7. The van der Waals surface area contributed by atoms with E-state index >= 15 is 0 Å². The number of nitrogens with one attached hydrogen (secondary N) is 2. The first-order valence-corrected chi connectivity index (χ1v) is 8.37. The van der Waals surface area contributed by atoms with Gasteiger partial charge >= 0.3 is 0 Å². The number of amides is 1. The molecule has 130 valence electrons. The summed E-state index contributed by atoms with van der Waals surface area (Å²) in [6, 6.07) is 6.11. The second-order valence-corrected chi connectivity index (χ2v) is 6.17. The van der Waals surface area contributed by atoms with Gasteiger partial charge in [0.25, 0.3) is 0 Å². The summed E-state index contributed by atoms with van der Waals surface area (Å²) in [5.41, 5.74) is 2.21. The van der Waals surface area contributed by atoms with Crippen molar-refractivity contribution in [3.05, 3.63) is 29.3 Å². The summed E-state index contributed by atoms with van der Waals surface area (Å²) in [6.45, 7) is 7.68. The summed E-state index contributed by atoms with van der Waals surface area (Å²) in [5, 5.41) is 6.32. The number of benzene rings is 1. The summed E-state index contributed by atoms with van der Waals surface area (Å²) in [6.07, 6.45) is 4.35. The number of rotatable bonds is 6. The molecule has 1 aromatic rings. The van der Waals surface area contributed by atoms with Gasteiger partial charge in [0.1, 0.15) is 5.75 Å². The molecule has 0 radical (unpaired) electrons. The van der Waals surface area contributed by atoms with E-state index in [4.69, 9.17) is 4.74 Å². The number of halogens is 1. The van der Waals surface area contributed by atoms with Crippen LogP contribution in [0.2, 0.25) is 0 Å². The lowest BCUT2D eigenvalue weighted by Crippen LogP contribution is -2.46. The Morgan fingerprint density at radius 1 is 1.43 bits per heavy atom. The number of hydrogen-bond acceptors (Lipinski definition) is 3. The zero-order chi connectivity index (χ0) is 15.9. The highest BCUT2D eigenvalue weighted by Crippen LogP contribution is 2.22. The number of carbonyl (C=O) groups is 1. The van der Waals surface area contributed by atoms with Crippen molar-refractivity contribution in [1.29, 1.82) is 0 Å². The van der Waals surface area contributed by atoms with Crippen molar-refractivity contribution in [1.82, 2.24) is 10.6 Å². The number of ether oxygens (including phenoxy) is 1. The Balaban J connectivity index is 0.00000264. The van der Waals surface area contributed by atoms with E-state index in [-0.39, 0.29) is 30.5 Å². The van der Waals surface area contributed by atoms with E-state index in [0.717, 1.165) is 43.5 Å². The van der Waals surface area contributed by atoms with Crippen molar-refractivity contribution in [2.45, 2.75) is 65.1 Å². The van der Waals surface area contributed by atoms with Crippen LogP contribution in [0.3, 0.4) is 0 Å². The monoisotopic (exact) mass is 340 g/mol. The summed E-state index contributed by atoms with van der Waals surface area (Å²) in [7, 11) is 0. The molecule has 23 heavy (non-hydrogen) atoms. The Morgan fingerprint density at radius 3 is 2.87 bits per heavy atom. The predicted octanol–water partition coefficient (Wildman–Crippen LogP) is 3.35. The molecule has 1 heterocycles. The van der Waals surface area contributed by atoms with E-state index in [1.807, 2.05) is 12.1 Å². The van der Waals surface area contributed by atoms with Gasteiger partial charge in [0.05, 0.1) is 12.1 Å². The van der Waals surface area contributed by atoms with Crippen molar-refractivity contribution < 1.29 is 9.53 Å².